The van der Waals surface area contributed by atoms with Gasteiger partial charge < -0.3 is 10.8 Å². The van der Waals surface area contributed by atoms with Crippen LogP contribution in [0.1, 0.15) is 11.7 Å². The van der Waals surface area contributed by atoms with E-state index in [1.54, 1.807) is 0 Å². The Bertz CT molecular complexity index is 298. The lowest BCUT2D eigenvalue weighted by molar-refractivity contribution is -0.206. The third-order valence-corrected chi connectivity index (χ3v) is 1.54. The van der Waals surface area contributed by atoms with Crippen LogP contribution < -0.4 is 5.73 Å². The van der Waals surface area contributed by atoms with E-state index in [1.165, 1.54) is 18.2 Å². The third kappa shape index (κ3) is 2.35. The van der Waals surface area contributed by atoms with Crippen LogP contribution in [0.3, 0.4) is 0 Å². The molecule has 0 aliphatic heterocycles. The highest BCUT2D eigenvalue weighted by molar-refractivity contribution is 5.41. The van der Waals surface area contributed by atoms with Crippen LogP contribution >= 0.6 is 0 Å². The quantitative estimate of drug-likeness (QED) is 0.665. The van der Waals surface area contributed by atoms with E-state index in [1.807, 2.05) is 0 Å². The molecule has 1 atom stereocenters. The lowest BCUT2D eigenvalue weighted by Gasteiger charge is -2.14. The van der Waals surface area contributed by atoms with Crippen LogP contribution in [0.15, 0.2) is 24.3 Å². The largest absolute Gasteiger partial charge is 0.418 e. The molecule has 0 saturated carbocycles. The van der Waals surface area contributed by atoms with Crippen LogP contribution in [0.2, 0.25) is 0 Å². The van der Waals surface area contributed by atoms with Gasteiger partial charge in [-0.2, -0.15) is 13.2 Å². The number of hydrogen-bond donors (Lipinski definition) is 2. The summed E-state index contributed by atoms with van der Waals surface area (Å²) in [5.41, 5.74) is 5.21. The van der Waals surface area contributed by atoms with Gasteiger partial charge >= 0.3 is 6.18 Å². The van der Waals surface area contributed by atoms with Crippen molar-refractivity contribution in [3.8, 4) is 0 Å². The second-order valence-corrected chi connectivity index (χ2v) is 2.61. The van der Waals surface area contributed by atoms with E-state index in [0.717, 1.165) is 6.07 Å². The lowest BCUT2D eigenvalue weighted by Crippen LogP contribution is -2.20. The van der Waals surface area contributed by atoms with E-state index in [2.05, 4.69) is 0 Å². The minimum absolute atomic E-state index is 0.195. The van der Waals surface area contributed by atoms with Gasteiger partial charge in [0.05, 0.1) is 0 Å². The molecule has 1 aromatic rings. The monoisotopic (exact) mass is 191 g/mol. The summed E-state index contributed by atoms with van der Waals surface area (Å²) in [6, 6.07) is 5.08. The highest BCUT2D eigenvalue weighted by Gasteiger charge is 2.39. The molecule has 0 spiro atoms. The predicted molar refractivity (Wildman–Crippen MR) is 41.9 cm³/mol. The van der Waals surface area contributed by atoms with E-state index in [0.29, 0.717) is 0 Å². The van der Waals surface area contributed by atoms with Crippen molar-refractivity contribution in [3.63, 3.8) is 0 Å². The van der Waals surface area contributed by atoms with Crippen LogP contribution in [-0.2, 0) is 0 Å². The second-order valence-electron chi connectivity index (χ2n) is 2.61. The van der Waals surface area contributed by atoms with Gasteiger partial charge in [0.1, 0.15) is 0 Å². The fraction of sp³-hybridized carbons (Fsp3) is 0.250. The van der Waals surface area contributed by atoms with Crippen molar-refractivity contribution in [3.05, 3.63) is 29.8 Å². The van der Waals surface area contributed by atoms with Gasteiger partial charge in [-0.1, -0.05) is 12.1 Å². The number of rotatable bonds is 1. The molecule has 72 valence electrons. The van der Waals surface area contributed by atoms with Gasteiger partial charge in [-0.3, -0.25) is 0 Å². The third-order valence-electron chi connectivity index (χ3n) is 1.54. The Hall–Kier alpha value is -1.23. The van der Waals surface area contributed by atoms with Gasteiger partial charge in [0.2, 0.25) is 0 Å². The first-order valence-corrected chi connectivity index (χ1v) is 3.51. The molecule has 3 N–H and O–H groups in total. The van der Waals surface area contributed by atoms with Gasteiger partial charge in [0.15, 0.2) is 6.10 Å². The van der Waals surface area contributed by atoms with Crippen LogP contribution in [0, 0.1) is 0 Å². The topological polar surface area (TPSA) is 46.2 Å². The van der Waals surface area contributed by atoms with Crippen LogP contribution in [-0.4, -0.2) is 11.3 Å². The zero-order valence-corrected chi connectivity index (χ0v) is 6.55. The van der Waals surface area contributed by atoms with Crippen LogP contribution in [0.4, 0.5) is 18.9 Å². The SMILES string of the molecule is Nc1cccc([C@H](O)C(F)(F)F)c1. The second kappa shape index (κ2) is 3.26. The van der Waals surface area contributed by atoms with Gasteiger partial charge in [0, 0.05) is 5.69 Å². The van der Waals surface area contributed by atoms with Gasteiger partial charge in [-0.15, -0.1) is 0 Å². The zero-order chi connectivity index (χ0) is 10.1. The minimum Gasteiger partial charge on any atom is -0.399 e. The Morgan fingerprint density at radius 1 is 1.31 bits per heavy atom. The zero-order valence-electron chi connectivity index (χ0n) is 6.55. The van der Waals surface area contributed by atoms with E-state index >= 15 is 0 Å². The highest BCUT2D eigenvalue weighted by Crippen LogP contribution is 2.32. The summed E-state index contributed by atoms with van der Waals surface area (Å²) in [4.78, 5) is 0. The molecule has 0 aliphatic carbocycles. The summed E-state index contributed by atoms with van der Waals surface area (Å²) in [6.07, 6.45) is -7.11. The van der Waals surface area contributed by atoms with E-state index < -0.39 is 12.3 Å². The number of benzene rings is 1. The Morgan fingerprint density at radius 2 is 1.92 bits per heavy atom. The maximum Gasteiger partial charge on any atom is 0.418 e. The Kier molecular flexibility index (Phi) is 2.47. The minimum atomic E-state index is -4.65. The molecule has 0 heterocycles. The van der Waals surface area contributed by atoms with Gasteiger partial charge in [-0.05, 0) is 17.7 Å². The molecule has 0 amide bonds. The van der Waals surface area contributed by atoms with E-state index in [4.69, 9.17) is 10.8 Å². The number of nitrogens with two attached hydrogens (primary N) is 1. The van der Waals surface area contributed by atoms with Crippen LogP contribution in [0.25, 0.3) is 0 Å². The van der Waals surface area contributed by atoms with Crippen molar-refractivity contribution in [2.75, 3.05) is 5.73 Å². The molecule has 0 saturated heterocycles. The Balaban J connectivity index is 2.96. The number of hydrogen-bond acceptors (Lipinski definition) is 2. The van der Waals surface area contributed by atoms with Gasteiger partial charge in [-0.25, -0.2) is 0 Å². The Morgan fingerprint density at radius 3 is 2.38 bits per heavy atom. The van der Waals surface area contributed by atoms with Crippen molar-refractivity contribution in [1.82, 2.24) is 0 Å². The average molecular weight is 191 g/mol. The van der Waals surface area contributed by atoms with E-state index in [-0.39, 0.29) is 11.3 Å². The van der Waals surface area contributed by atoms with Crippen molar-refractivity contribution >= 4 is 5.69 Å². The number of aliphatic hydroxyl groups excluding tert-OH is 1. The fourth-order valence-corrected chi connectivity index (χ4v) is 0.918. The molecule has 13 heavy (non-hydrogen) atoms. The first-order chi connectivity index (χ1) is 5.91. The molecule has 0 aromatic heterocycles. The summed E-state index contributed by atoms with van der Waals surface area (Å²) in [5.74, 6) is 0. The molecule has 1 rings (SSSR count). The standard InChI is InChI=1S/C8H8F3NO/c9-8(10,11)7(13)5-2-1-3-6(12)4-5/h1-4,7,13H,12H2/t7-/m0/s1. The smallest absolute Gasteiger partial charge is 0.399 e. The van der Waals surface area contributed by atoms with E-state index in [9.17, 15) is 13.2 Å². The summed E-state index contributed by atoms with van der Waals surface area (Å²) >= 11 is 0. The number of alkyl halides is 3. The average Bonchev–Trinajstić information content (AvgIpc) is 2.01. The number of halogens is 3. The molecule has 0 radical (unpaired) electrons. The Labute approximate surface area is 72.8 Å². The number of nitrogen functional groups attached to an aromatic ring is 1. The molecular weight excluding hydrogens is 183 g/mol. The summed E-state index contributed by atoms with van der Waals surface area (Å²) in [7, 11) is 0. The summed E-state index contributed by atoms with van der Waals surface area (Å²) in [5, 5.41) is 8.80. The predicted octanol–water partition coefficient (Wildman–Crippen LogP) is 1.86. The van der Waals surface area contributed by atoms with Crippen molar-refractivity contribution in [1.29, 1.82) is 0 Å². The normalized spacial score (nSPS) is 14.2. The summed E-state index contributed by atoms with van der Waals surface area (Å²) in [6.45, 7) is 0. The van der Waals surface area contributed by atoms with Crippen molar-refractivity contribution in [2.45, 2.75) is 12.3 Å². The maximum atomic E-state index is 12.0. The molecule has 0 aliphatic rings. The lowest BCUT2D eigenvalue weighted by atomic mass is 10.1. The maximum absolute atomic E-state index is 12.0. The molecule has 2 nitrogen and oxygen atoms in total. The first kappa shape index (κ1) is 9.85. The molecule has 5 heteroatoms. The number of aliphatic hydroxyl groups is 1. The molecule has 1 aromatic carbocycles. The first-order valence-electron chi connectivity index (χ1n) is 3.51. The molecule has 0 unspecified atom stereocenters. The molecule has 0 fully saturated rings. The van der Waals surface area contributed by atoms with Gasteiger partial charge in [0.25, 0.3) is 0 Å². The van der Waals surface area contributed by atoms with Crippen molar-refractivity contribution in [2.24, 2.45) is 0 Å². The fourth-order valence-electron chi connectivity index (χ4n) is 0.918. The van der Waals surface area contributed by atoms with Crippen molar-refractivity contribution < 1.29 is 18.3 Å². The van der Waals surface area contributed by atoms with Crippen LogP contribution in [0.5, 0.6) is 0 Å². The molecule has 0 bridgehead atoms. The molecular formula is C8H8F3NO. The number of anilines is 1. The summed E-state index contributed by atoms with van der Waals surface area (Å²) < 4.78 is 35.9. The highest BCUT2D eigenvalue weighted by atomic mass is 19.4.